The molecule has 10 nitrogen and oxygen atoms in total. The van der Waals surface area contributed by atoms with E-state index in [0.717, 1.165) is 0 Å². The number of halogens is 5. The van der Waals surface area contributed by atoms with E-state index in [0.29, 0.717) is 4.47 Å². The topological polar surface area (TPSA) is 121 Å². The molecule has 0 aliphatic rings. The number of methoxy groups -OCH3 is 1. The van der Waals surface area contributed by atoms with Crippen molar-refractivity contribution in [3.8, 4) is 5.75 Å². The van der Waals surface area contributed by atoms with E-state index in [1.54, 1.807) is 6.07 Å². The minimum absolute atomic E-state index is 0.00302. The number of hydrogen-bond acceptors (Lipinski definition) is 9. The van der Waals surface area contributed by atoms with E-state index in [1.165, 1.54) is 43.6 Å². The van der Waals surface area contributed by atoms with Gasteiger partial charge in [0.1, 0.15) is 11.3 Å². The number of anilines is 4. The van der Waals surface area contributed by atoms with Crippen LogP contribution < -0.4 is 26.0 Å². The van der Waals surface area contributed by atoms with Crippen LogP contribution in [0.1, 0.15) is 0 Å². The fourth-order valence-electron chi connectivity index (χ4n) is 2.83. The number of carbonyl (C=O) groups excluding carboxylic acids is 1. The van der Waals surface area contributed by atoms with Crippen molar-refractivity contribution < 1.29 is 36.3 Å². The van der Waals surface area contributed by atoms with Crippen molar-refractivity contribution in [1.29, 1.82) is 0 Å². The smallest absolute Gasteiger partial charge is 0.493 e. The zero-order chi connectivity index (χ0) is 25.3. The lowest BCUT2D eigenvalue weighted by molar-refractivity contribution is -0.200. The molecule has 2 heterocycles. The molecular weight excluding hydrogens is 546 g/mol. The highest BCUT2D eigenvalue weighted by atomic mass is 79.9. The predicted molar refractivity (Wildman–Crippen MR) is 117 cm³/mol. The third kappa shape index (κ3) is 5.03. The first kappa shape index (κ1) is 24.0. The Kier molecular flexibility index (Phi) is 6.34. The number of ether oxygens (including phenoxy) is 1. The Bertz CT molecular complexity index is 1490. The molecule has 0 spiro atoms. The summed E-state index contributed by atoms with van der Waals surface area (Å²) in [6.45, 7) is 0. The van der Waals surface area contributed by atoms with Crippen molar-refractivity contribution in [2.24, 2.45) is 0 Å². The molecule has 0 fully saturated rings. The van der Waals surface area contributed by atoms with Gasteiger partial charge >= 0.3 is 17.9 Å². The van der Waals surface area contributed by atoms with Gasteiger partial charge in [-0.25, -0.2) is 19.0 Å². The highest BCUT2D eigenvalue weighted by Crippen LogP contribution is 2.29. The summed E-state index contributed by atoms with van der Waals surface area (Å²) in [5.74, 6) is -4.40. The number of aromatic nitrogens is 3. The van der Waals surface area contributed by atoms with Crippen molar-refractivity contribution in [1.82, 2.24) is 14.7 Å². The molecule has 0 saturated carbocycles. The molecule has 2 aromatic heterocycles. The van der Waals surface area contributed by atoms with Crippen molar-refractivity contribution in [2.75, 3.05) is 17.7 Å². The van der Waals surface area contributed by atoms with E-state index >= 15 is 0 Å². The van der Waals surface area contributed by atoms with Crippen LogP contribution in [0.15, 0.2) is 56.3 Å². The Hall–Kier alpha value is -4.14. The van der Waals surface area contributed by atoms with Crippen molar-refractivity contribution in [3.05, 3.63) is 63.4 Å². The van der Waals surface area contributed by atoms with Crippen LogP contribution in [0, 0.1) is 5.82 Å². The van der Waals surface area contributed by atoms with E-state index in [1.807, 2.05) is 0 Å². The van der Waals surface area contributed by atoms with Gasteiger partial charge in [0.25, 0.3) is 0 Å². The van der Waals surface area contributed by atoms with Crippen LogP contribution in [0.3, 0.4) is 0 Å². The number of nitrogens with zero attached hydrogens (tertiary/aromatic N) is 3. The number of oxazole rings is 1. The number of benzene rings is 2. The molecule has 35 heavy (non-hydrogen) atoms. The molecule has 182 valence electrons. The first-order valence-electron chi connectivity index (χ1n) is 9.41. The number of alkyl halides is 3. The molecule has 0 bridgehead atoms. The third-order valence-corrected chi connectivity index (χ3v) is 4.96. The summed E-state index contributed by atoms with van der Waals surface area (Å²) in [7, 11) is 1.32. The summed E-state index contributed by atoms with van der Waals surface area (Å²) in [5, 5.41) is 5.59. The standard InChI is InChI=1S/C20H12BrF4N5O5/c1-33-14-4-2-3-11(15(14)22)28-18-26-8-10(21)16(29-18)27-9-5-6-13-12(7-9)30(19(32)34-13)35-17(31)20(23,24)25/h2-8H,1H3,(H2,26,27,28,29). The van der Waals surface area contributed by atoms with Crippen molar-refractivity contribution >= 4 is 56.1 Å². The molecule has 2 aromatic carbocycles. The molecule has 0 amide bonds. The van der Waals surface area contributed by atoms with Crippen LogP contribution in [0.4, 0.5) is 40.7 Å². The van der Waals surface area contributed by atoms with Gasteiger partial charge in [-0.15, -0.1) is 0 Å². The molecule has 0 aliphatic heterocycles. The van der Waals surface area contributed by atoms with Crippen molar-refractivity contribution in [3.63, 3.8) is 0 Å². The highest BCUT2D eigenvalue weighted by Gasteiger charge is 2.42. The van der Waals surface area contributed by atoms with Crippen LogP contribution in [0.25, 0.3) is 11.1 Å². The van der Waals surface area contributed by atoms with Gasteiger partial charge in [-0.05, 0) is 46.3 Å². The van der Waals surface area contributed by atoms with E-state index in [9.17, 15) is 27.2 Å². The zero-order valence-electron chi connectivity index (χ0n) is 17.3. The van der Waals surface area contributed by atoms with Crippen LogP contribution in [0.5, 0.6) is 5.75 Å². The maximum atomic E-state index is 14.4. The van der Waals surface area contributed by atoms with Gasteiger partial charge in [0.2, 0.25) is 5.95 Å². The number of nitrogens with one attached hydrogen (secondary N) is 2. The maximum Gasteiger partial charge on any atom is 0.493 e. The number of fused-ring (bicyclic) bond motifs is 1. The number of rotatable bonds is 6. The first-order valence-corrected chi connectivity index (χ1v) is 10.2. The van der Waals surface area contributed by atoms with Gasteiger partial charge in [0, 0.05) is 11.9 Å². The number of hydrogen-bond donors (Lipinski definition) is 2. The maximum absolute atomic E-state index is 14.4. The summed E-state index contributed by atoms with van der Waals surface area (Å²) in [6.07, 6.45) is -3.95. The van der Waals surface area contributed by atoms with Crippen LogP contribution in [0.2, 0.25) is 0 Å². The van der Waals surface area contributed by atoms with Gasteiger partial charge in [-0.3, -0.25) is 0 Å². The molecule has 15 heteroatoms. The quantitative estimate of drug-likeness (QED) is 0.334. The average Bonchev–Trinajstić information content (AvgIpc) is 3.11. The van der Waals surface area contributed by atoms with E-state index in [4.69, 9.17) is 9.15 Å². The number of carbonyl (C=O) groups is 1. The van der Waals surface area contributed by atoms with Gasteiger partial charge in [0.15, 0.2) is 17.1 Å². The van der Waals surface area contributed by atoms with Crippen LogP contribution in [-0.2, 0) is 4.79 Å². The van der Waals surface area contributed by atoms with Crippen molar-refractivity contribution in [2.45, 2.75) is 6.18 Å². The SMILES string of the molecule is COc1cccc(Nc2ncc(Br)c(Nc3ccc4oc(=O)n(OC(=O)C(F)(F)F)c4c3)n2)c1F. The molecule has 0 unspecified atom stereocenters. The molecule has 0 aliphatic carbocycles. The molecular formula is C20H12BrF4N5O5. The molecule has 0 atom stereocenters. The second-order valence-corrected chi connectivity index (χ2v) is 7.54. The Morgan fingerprint density at radius 1 is 1.20 bits per heavy atom. The van der Waals surface area contributed by atoms with E-state index in [2.05, 4.69) is 41.4 Å². The molecule has 4 aromatic rings. The minimum Gasteiger partial charge on any atom is -0.494 e. The zero-order valence-corrected chi connectivity index (χ0v) is 18.9. The fraction of sp³-hybridized carbons (Fsp3) is 0.100. The lowest BCUT2D eigenvalue weighted by Crippen LogP contribution is -2.36. The molecule has 0 saturated heterocycles. The monoisotopic (exact) mass is 557 g/mol. The molecule has 2 N–H and O–H groups in total. The highest BCUT2D eigenvalue weighted by molar-refractivity contribution is 9.10. The lowest BCUT2D eigenvalue weighted by Gasteiger charge is -2.12. The first-order chi connectivity index (χ1) is 16.6. The largest absolute Gasteiger partial charge is 0.494 e. The Labute approximate surface area is 200 Å². The molecule has 4 rings (SSSR count). The van der Waals surface area contributed by atoms with E-state index in [-0.39, 0.29) is 44.7 Å². The lowest BCUT2D eigenvalue weighted by atomic mass is 10.3. The van der Waals surface area contributed by atoms with Gasteiger partial charge in [-0.2, -0.15) is 18.2 Å². The van der Waals surface area contributed by atoms with Gasteiger partial charge in [-0.1, -0.05) is 10.8 Å². The average molecular weight is 558 g/mol. The Balaban J connectivity index is 1.63. The summed E-state index contributed by atoms with van der Waals surface area (Å²) in [6, 6.07) is 8.36. The summed E-state index contributed by atoms with van der Waals surface area (Å²) in [5.41, 5.74) is -0.103. The van der Waals surface area contributed by atoms with Crippen LogP contribution in [-0.4, -0.2) is 34.0 Å². The molecule has 0 radical (unpaired) electrons. The Morgan fingerprint density at radius 3 is 2.69 bits per heavy atom. The Morgan fingerprint density at radius 2 is 1.97 bits per heavy atom. The second kappa shape index (κ2) is 9.25. The summed E-state index contributed by atoms with van der Waals surface area (Å²) < 4.78 is 62.3. The fourth-order valence-corrected chi connectivity index (χ4v) is 3.12. The van der Waals surface area contributed by atoms with Gasteiger partial charge < -0.3 is 24.6 Å². The third-order valence-electron chi connectivity index (χ3n) is 4.38. The van der Waals surface area contributed by atoms with Crippen LogP contribution >= 0.6 is 15.9 Å². The second-order valence-electron chi connectivity index (χ2n) is 6.68. The normalized spacial score (nSPS) is 11.4. The predicted octanol–water partition coefficient (Wildman–Crippen LogP) is 4.30. The summed E-state index contributed by atoms with van der Waals surface area (Å²) in [4.78, 5) is 35.5. The van der Waals surface area contributed by atoms with Gasteiger partial charge in [0.05, 0.1) is 17.3 Å². The van der Waals surface area contributed by atoms with E-state index < -0.39 is 23.7 Å². The summed E-state index contributed by atoms with van der Waals surface area (Å²) >= 11 is 3.26. The minimum atomic E-state index is -5.32.